The van der Waals surface area contributed by atoms with Crippen molar-refractivity contribution in [3.05, 3.63) is 98.4 Å². The average molecular weight is 393 g/mol. The van der Waals surface area contributed by atoms with Crippen molar-refractivity contribution >= 4 is 33.3 Å². The quantitative estimate of drug-likeness (QED) is 0.479. The molecule has 0 aliphatic carbocycles. The van der Waals surface area contributed by atoms with Crippen LogP contribution in [0.2, 0.25) is 0 Å². The van der Waals surface area contributed by atoms with E-state index in [0.29, 0.717) is 5.75 Å². The molecule has 0 saturated carbocycles. The van der Waals surface area contributed by atoms with Crippen molar-refractivity contribution in [2.24, 2.45) is 0 Å². The normalized spacial score (nSPS) is 11.4. The van der Waals surface area contributed by atoms with Crippen molar-refractivity contribution in [2.75, 3.05) is 0 Å². The Morgan fingerprint density at radius 1 is 1.00 bits per heavy atom. The highest BCUT2D eigenvalue weighted by molar-refractivity contribution is 7.98. The highest BCUT2D eigenvalue weighted by atomic mass is 32.2. The molecule has 2 heterocycles. The van der Waals surface area contributed by atoms with Crippen molar-refractivity contribution in [1.29, 1.82) is 0 Å². The van der Waals surface area contributed by atoms with Crippen LogP contribution in [0.4, 0.5) is 0 Å². The van der Waals surface area contributed by atoms with Crippen LogP contribution in [-0.2, 0) is 5.75 Å². The minimum atomic E-state index is -0.0339. The molecule has 0 amide bonds. The molecule has 0 spiro atoms. The van der Waals surface area contributed by atoms with Gasteiger partial charge in [-0.25, -0.2) is 4.98 Å². The summed E-state index contributed by atoms with van der Waals surface area (Å²) in [6.07, 6.45) is 0. The fraction of sp³-hybridized carbons (Fsp3) is 0.182. The van der Waals surface area contributed by atoms with E-state index in [-0.39, 0.29) is 10.8 Å². The van der Waals surface area contributed by atoms with E-state index < -0.39 is 0 Å². The van der Waals surface area contributed by atoms with Crippen LogP contribution in [0.1, 0.15) is 32.6 Å². The first-order valence-corrected chi connectivity index (χ1v) is 10.7. The maximum absolute atomic E-state index is 12.5. The predicted molar refractivity (Wildman–Crippen MR) is 116 cm³/mol. The lowest BCUT2D eigenvalue weighted by Crippen LogP contribution is -2.11. The molecule has 0 aliphatic heterocycles. The molecule has 1 N–H and O–H groups in total. The number of nitrogens with one attached hydrogen (secondary N) is 1. The van der Waals surface area contributed by atoms with Gasteiger partial charge < -0.3 is 4.98 Å². The molecule has 2 aromatic carbocycles. The van der Waals surface area contributed by atoms with Crippen LogP contribution in [0.3, 0.4) is 0 Å². The molecule has 27 heavy (non-hydrogen) atoms. The number of benzene rings is 2. The van der Waals surface area contributed by atoms with Gasteiger partial charge in [0.25, 0.3) is 5.56 Å². The number of fused-ring (bicyclic) bond motifs is 1. The summed E-state index contributed by atoms with van der Waals surface area (Å²) in [6.45, 7) is 4.02. The Bertz CT molecular complexity index is 1080. The molecule has 5 heteroatoms. The maximum Gasteiger partial charge on any atom is 0.259 e. The van der Waals surface area contributed by atoms with E-state index >= 15 is 0 Å². The van der Waals surface area contributed by atoms with E-state index in [1.807, 2.05) is 26.0 Å². The highest BCUT2D eigenvalue weighted by Crippen LogP contribution is 2.37. The summed E-state index contributed by atoms with van der Waals surface area (Å²) in [6, 6.07) is 20.9. The van der Waals surface area contributed by atoms with Gasteiger partial charge in [0, 0.05) is 4.88 Å². The van der Waals surface area contributed by atoms with Crippen molar-refractivity contribution < 1.29 is 0 Å². The Hall–Kier alpha value is -2.37. The first-order chi connectivity index (χ1) is 13.1. The van der Waals surface area contributed by atoms with E-state index in [9.17, 15) is 4.79 Å². The van der Waals surface area contributed by atoms with E-state index in [4.69, 9.17) is 4.98 Å². The standard InChI is InChI=1S/C22H20N2OS2/c1-14-15(2)27-22-19(14)21(25)23-18(24-22)13-26-20(16-9-5-3-6-10-16)17-11-7-4-8-12-17/h3-12,20H,13H2,1-2H3,(H,23,24,25). The van der Waals surface area contributed by atoms with Crippen LogP contribution in [0, 0.1) is 13.8 Å². The number of H-pyrrole nitrogens is 1. The smallest absolute Gasteiger partial charge is 0.259 e. The molecule has 0 fully saturated rings. The second-order valence-corrected chi connectivity index (χ2v) is 8.79. The Balaban J connectivity index is 1.65. The Kier molecular flexibility index (Phi) is 5.14. The van der Waals surface area contributed by atoms with Crippen LogP contribution in [0.25, 0.3) is 10.2 Å². The molecule has 4 aromatic rings. The zero-order chi connectivity index (χ0) is 18.8. The van der Waals surface area contributed by atoms with Crippen LogP contribution in [-0.4, -0.2) is 9.97 Å². The van der Waals surface area contributed by atoms with Gasteiger partial charge in [0.05, 0.1) is 16.4 Å². The summed E-state index contributed by atoms with van der Waals surface area (Å²) >= 11 is 3.37. The second kappa shape index (κ2) is 7.71. The number of thiophene rings is 1. The average Bonchev–Trinajstić information content (AvgIpc) is 2.98. The first kappa shape index (κ1) is 18.0. The van der Waals surface area contributed by atoms with Gasteiger partial charge in [-0.05, 0) is 30.5 Å². The summed E-state index contributed by atoms with van der Waals surface area (Å²) in [7, 11) is 0. The van der Waals surface area contributed by atoms with E-state index in [1.54, 1.807) is 23.1 Å². The molecule has 0 radical (unpaired) electrons. The lowest BCUT2D eigenvalue weighted by Gasteiger charge is -2.17. The lowest BCUT2D eigenvalue weighted by atomic mass is 10.0. The Labute approximate surface area is 166 Å². The third kappa shape index (κ3) is 3.70. The van der Waals surface area contributed by atoms with Crippen LogP contribution in [0.5, 0.6) is 0 Å². The van der Waals surface area contributed by atoms with Crippen molar-refractivity contribution in [3.63, 3.8) is 0 Å². The molecule has 0 aliphatic rings. The molecular weight excluding hydrogens is 372 g/mol. The fourth-order valence-corrected chi connectivity index (χ4v) is 5.38. The molecule has 3 nitrogen and oxygen atoms in total. The van der Waals surface area contributed by atoms with Gasteiger partial charge in [0.1, 0.15) is 10.7 Å². The number of nitrogens with zero attached hydrogens (tertiary/aromatic N) is 1. The van der Waals surface area contributed by atoms with Gasteiger partial charge >= 0.3 is 0 Å². The summed E-state index contributed by atoms with van der Waals surface area (Å²) < 4.78 is 0. The molecular formula is C22H20N2OS2. The minimum absolute atomic E-state index is 0.0339. The minimum Gasteiger partial charge on any atom is -0.309 e. The summed E-state index contributed by atoms with van der Waals surface area (Å²) in [4.78, 5) is 22.2. The molecule has 136 valence electrons. The van der Waals surface area contributed by atoms with Crippen molar-refractivity contribution in [1.82, 2.24) is 9.97 Å². The van der Waals surface area contributed by atoms with Gasteiger partial charge in [0.2, 0.25) is 0 Å². The zero-order valence-corrected chi connectivity index (χ0v) is 16.9. The van der Waals surface area contributed by atoms with Crippen LogP contribution < -0.4 is 5.56 Å². The van der Waals surface area contributed by atoms with Gasteiger partial charge in [-0.1, -0.05) is 60.7 Å². The Morgan fingerprint density at radius 2 is 1.59 bits per heavy atom. The fourth-order valence-electron chi connectivity index (χ4n) is 3.17. The Morgan fingerprint density at radius 3 is 2.19 bits per heavy atom. The number of aromatic amines is 1. The summed E-state index contributed by atoms with van der Waals surface area (Å²) in [5.41, 5.74) is 3.50. The summed E-state index contributed by atoms with van der Waals surface area (Å²) in [5.74, 6) is 1.38. The van der Waals surface area contributed by atoms with Crippen molar-refractivity contribution in [3.8, 4) is 0 Å². The molecule has 4 rings (SSSR count). The maximum atomic E-state index is 12.5. The number of rotatable bonds is 5. The predicted octanol–water partition coefficient (Wildman–Crippen LogP) is 5.62. The number of hydrogen-bond acceptors (Lipinski definition) is 4. The lowest BCUT2D eigenvalue weighted by molar-refractivity contribution is 1.04. The third-order valence-electron chi connectivity index (χ3n) is 4.68. The molecule has 0 atom stereocenters. The van der Waals surface area contributed by atoms with E-state index in [2.05, 4.69) is 53.5 Å². The number of thioether (sulfide) groups is 1. The number of aromatic nitrogens is 2. The number of aryl methyl sites for hydroxylation is 2. The summed E-state index contributed by atoms with van der Waals surface area (Å²) in [5, 5.41) is 0.925. The number of hydrogen-bond donors (Lipinski definition) is 1. The third-order valence-corrected chi connectivity index (χ3v) is 7.10. The van der Waals surface area contributed by atoms with Crippen LogP contribution >= 0.6 is 23.1 Å². The van der Waals surface area contributed by atoms with Gasteiger partial charge in [-0.15, -0.1) is 23.1 Å². The second-order valence-electron chi connectivity index (χ2n) is 6.49. The molecule has 0 unspecified atom stereocenters. The molecule has 0 bridgehead atoms. The van der Waals surface area contributed by atoms with E-state index in [0.717, 1.165) is 26.5 Å². The zero-order valence-electron chi connectivity index (χ0n) is 15.2. The monoisotopic (exact) mass is 392 g/mol. The van der Waals surface area contributed by atoms with Crippen LogP contribution in [0.15, 0.2) is 65.5 Å². The van der Waals surface area contributed by atoms with Gasteiger partial charge in [-0.3, -0.25) is 4.79 Å². The molecule has 0 saturated heterocycles. The SMILES string of the molecule is Cc1sc2nc(CSC(c3ccccc3)c3ccccc3)[nH]c(=O)c2c1C. The highest BCUT2D eigenvalue weighted by Gasteiger charge is 2.17. The molecule has 2 aromatic heterocycles. The van der Waals surface area contributed by atoms with Crippen molar-refractivity contribution in [2.45, 2.75) is 24.9 Å². The van der Waals surface area contributed by atoms with Gasteiger partial charge in [0.15, 0.2) is 0 Å². The first-order valence-electron chi connectivity index (χ1n) is 8.84. The topological polar surface area (TPSA) is 45.8 Å². The largest absolute Gasteiger partial charge is 0.309 e. The van der Waals surface area contributed by atoms with E-state index in [1.165, 1.54) is 11.1 Å². The van der Waals surface area contributed by atoms with Gasteiger partial charge in [-0.2, -0.15) is 0 Å².